The predicted octanol–water partition coefficient (Wildman–Crippen LogP) is 1.61. The van der Waals surface area contributed by atoms with Crippen molar-refractivity contribution in [2.24, 2.45) is 0 Å². The van der Waals surface area contributed by atoms with Crippen LogP contribution in [0.3, 0.4) is 0 Å². The highest BCUT2D eigenvalue weighted by atomic mass is 16.2. The van der Waals surface area contributed by atoms with Crippen molar-refractivity contribution in [3.8, 4) is 0 Å². The van der Waals surface area contributed by atoms with E-state index in [1.807, 2.05) is 20.8 Å². The quantitative estimate of drug-likeness (QED) is 0.658. The van der Waals surface area contributed by atoms with Crippen LogP contribution in [0.5, 0.6) is 0 Å². The molecule has 0 saturated heterocycles. The molecule has 4 amide bonds. The lowest BCUT2D eigenvalue weighted by molar-refractivity contribution is -0.118. The van der Waals surface area contributed by atoms with E-state index in [2.05, 4.69) is 21.3 Å². The highest BCUT2D eigenvalue weighted by molar-refractivity contribution is 5.97. The summed E-state index contributed by atoms with van der Waals surface area (Å²) in [5.41, 5.74) is 0.941. The number of hydrogen-bond donors (Lipinski definition) is 4. The molecule has 0 radical (unpaired) electrons. The monoisotopic (exact) mass is 332 g/mol. The second kappa shape index (κ2) is 7.33. The number of anilines is 1. The van der Waals surface area contributed by atoms with Gasteiger partial charge in [-0.2, -0.15) is 0 Å². The number of imide groups is 1. The van der Waals surface area contributed by atoms with Gasteiger partial charge in [0, 0.05) is 22.8 Å². The van der Waals surface area contributed by atoms with E-state index in [0.29, 0.717) is 11.3 Å². The zero-order chi connectivity index (χ0) is 17.7. The number of amides is 4. The summed E-state index contributed by atoms with van der Waals surface area (Å²) in [6.07, 6.45) is 1.93. The van der Waals surface area contributed by atoms with Gasteiger partial charge >= 0.3 is 6.03 Å². The van der Waals surface area contributed by atoms with E-state index < -0.39 is 11.9 Å². The summed E-state index contributed by atoms with van der Waals surface area (Å²) < 4.78 is 0. The molecule has 0 unspecified atom stereocenters. The molecule has 7 heteroatoms. The van der Waals surface area contributed by atoms with Gasteiger partial charge < -0.3 is 16.0 Å². The molecule has 130 valence electrons. The Hall–Kier alpha value is -2.57. The third-order valence-electron chi connectivity index (χ3n) is 3.25. The first-order valence-electron chi connectivity index (χ1n) is 8.00. The van der Waals surface area contributed by atoms with Crippen LogP contribution in [0.15, 0.2) is 24.3 Å². The van der Waals surface area contributed by atoms with Gasteiger partial charge in [0.15, 0.2) is 0 Å². The van der Waals surface area contributed by atoms with Crippen molar-refractivity contribution in [2.75, 3.05) is 11.9 Å². The average Bonchev–Trinajstić information content (AvgIpc) is 3.27. The van der Waals surface area contributed by atoms with Crippen molar-refractivity contribution < 1.29 is 14.4 Å². The summed E-state index contributed by atoms with van der Waals surface area (Å²) in [7, 11) is 0. The van der Waals surface area contributed by atoms with E-state index in [4.69, 9.17) is 0 Å². The van der Waals surface area contributed by atoms with E-state index in [1.54, 1.807) is 24.3 Å². The zero-order valence-electron chi connectivity index (χ0n) is 14.2. The molecular formula is C17H24N4O3. The number of carbonyl (C=O) groups excluding carboxylic acids is 3. The summed E-state index contributed by atoms with van der Waals surface area (Å²) >= 11 is 0. The van der Waals surface area contributed by atoms with Crippen LogP contribution in [-0.2, 0) is 4.79 Å². The predicted molar refractivity (Wildman–Crippen MR) is 91.8 cm³/mol. The second-order valence-electron chi connectivity index (χ2n) is 6.93. The topological polar surface area (TPSA) is 99.3 Å². The Balaban J connectivity index is 1.77. The molecule has 0 aromatic heterocycles. The first kappa shape index (κ1) is 17.8. The van der Waals surface area contributed by atoms with Crippen LogP contribution in [0.4, 0.5) is 10.5 Å². The van der Waals surface area contributed by atoms with Gasteiger partial charge in [0.05, 0.1) is 6.54 Å². The maximum atomic E-state index is 12.0. The van der Waals surface area contributed by atoms with Gasteiger partial charge in [0.1, 0.15) is 0 Å². The van der Waals surface area contributed by atoms with Crippen molar-refractivity contribution in [3.63, 3.8) is 0 Å². The molecule has 0 bridgehead atoms. The fourth-order valence-electron chi connectivity index (χ4n) is 1.95. The molecule has 4 N–H and O–H groups in total. The first-order chi connectivity index (χ1) is 11.2. The molecule has 1 aromatic rings. The van der Waals surface area contributed by atoms with Crippen LogP contribution < -0.4 is 21.3 Å². The van der Waals surface area contributed by atoms with Crippen LogP contribution in [0.1, 0.15) is 44.0 Å². The highest BCUT2D eigenvalue weighted by Gasteiger charge is 2.23. The minimum absolute atomic E-state index is 0.0222. The SMILES string of the molecule is CC(C)(C)NC(=O)c1ccc(NCC(=O)NC(=O)NC2CC2)cc1. The summed E-state index contributed by atoms with van der Waals surface area (Å²) in [4.78, 5) is 35.1. The van der Waals surface area contributed by atoms with Crippen molar-refractivity contribution in [2.45, 2.75) is 45.2 Å². The number of urea groups is 1. The maximum Gasteiger partial charge on any atom is 0.321 e. The smallest absolute Gasteiger partial charge is 0.321 e. The van der Waals surface area contributed by atoms with Gasteiger partial charge in [-0.05, 0) is 57.9 Å². The molecule has 0 spiro atoms. The van der Waals surface area contributed by atoms with Gasteiger partial charge in [-0.3, -0.25) is 14.9 Å². The number of carbonyl (C=O) groups is 3. The van der Waals surface area contributed by atoms with Crippen molar-refractivity contribution in [1.82, 2.24) is 16.0 Å². The minimum atomic E-state index is -0.460. The fraction of sp³-hybridized carbons (Fsp3) is 0.471. The first-order valence-corrected chi connectivity index (χ1v) is 8.00. The minimum Gasteiger partial charge on any atom is -0.376 e. The molecule has 0 heterocycles. The zero-order valence-corrected chi connectivity index (χ0v) is 14.2. The Kier molecular flexibility index (Phi) is 5.43. The second-order valence-corrected chi connectivity index (χ2v) is 6.93. The van der Waals surface area contributed by atoms with Crippen LogP contribution in [0.2, 0.25) is 0 Å². The van der Waals surface area contributed by atoms with Crippen LogP contribution in [-0.4, -0.2) is 36.0 Å². The van der Waals surface area contributed by atoms with Gasteiger partial charge in [-0.25, -0.2) is 4.79 Å². The van der Waals surface area contributed by atoms with Crippen LogP contribution >= 0.6 is 0 Å². The van der Waals surface area contributed by atoms with Crippen molar-refractivity contribution >= 4 is 23.5 Å². The largest absolute Gasteiger partial charge is 0.376 e. The molecule has 24 heavy (non-hydrogen) atoms. The molecule has 1 aromatic carbocycles. The lowest BCUT2D eigenvalue weighted by atomic mass is 10.1. The van der Waals surface area contributed by atoms with Crippen LogP contribution in [0.25, 0.3) is 0 Å². The molecule has 0 aliphatic heterocycles. The molecule has 7 nitrogen and oxygen atoms in total. The molecule has 2 rings (SSSR count). The lowest BCUT2D eigenvalue weighted by Gasteiger charge is -2.20. The average molecular weight is 332 g/mol. The maximum absolute atomic E-state index is 12.0. The van der Waals surface area contributed by atoms with Crippen LogP contribution in [0, 0.1) is 0 Å². The third-order valence-corrected chi connectivity index (χ3v) is 3.25. The van der Waals surface area contributed by atoms with E-state index in [0.717, 1.165) is 12.8 Å². The van der Waals surface area contributed by atoms with Crippen molar-refractivity contribution in [3.05, 3.63) is 29.8 Å². The van der Waals surface area contributed by atoms with Gasteiger partial charge in [0.25, 0.3) is 5.91 Å². The molecular weight excluding hydrogens is 308 g/mol. The van der Waals surface area contributed by atoms with E-state index in [9.17, 15) is 14.4 Å². The van der Waals surface area contributed by atoms with Crippen molar-refractivity contribution in [1.29, 1.82) is 0 Å². The van der Waals surface area contributed by atoms with Gasteiger partial charge in [-0.15, -0.1) is 0 Å². The Morgan fingerprint density at radius 1 is 1.08 bits per heavy atom. The molecule has 1 aliphatic rings. The van der Waals surface area contributed by atoms with Gasteiger partial charge in [-0.1, -0.05) is 0 Å². The Morgan fingerprint density at radius 3 is 2.25 bits per heavy atom. The Labute approximate surface area is 141 Å². The molecule has 1 fully saturated rings. The molecule has 0 atom stereocenters. The normalized spacial score (nSPS) is 13.8. The number of nitrogens with one attached hydrogen (secondary N) is 4. The summed E-state index contributed by atoms with van der Waals surface area (Å²) in [6.45, 7) is 5.72. The molecule has 1 aliphatic carbocycles. The fourth-order valence-corrected chi connectivity index (χ4v) is 1.95. The standard InChI is InChI=1S/C17H24N4O3/c1-17(2,3)21-15(23)11-4-6-12(7-5-11)18-10-14(22)20-16(24)19-13-8-9-13/h4-7,13,18H,8-10H2,1-3H3,(H,21,23)(H2,19,20,22,24). The van der Waals surface area contributed by atoms with Gasteiger partial charge in [0.2, 0.25) is 5.91 Å². The van der Waals surface area contributed by atoms with E-state index >= 15 is 0 Å². The summed E-state index contributed by atoms with van der Waals surface area (Å²) in [6, 6.07) is 6.54. The van der Waals surface area contributed by atoms with E-state index in [-0.39, 0.29) is 24.0 Å². The molecule has 1 saturated carbocycles. The Bertz CT molecular complexity index is 616. The lowest BCUT2D eigenvalue weighted by Crippen LogP contribution is -2.42. The third kappa shape index (κ3) is 6.28. The number of hydrogen-bond acceptors (Lipinski definition) is 4. The van der Waals surface area contributed by atoms with E-state index in [1.165, 1.54) is 0 Å². The highest BCUT2D eigenvalue weighted by Crippen LogP contribution is 2.18. The number of rotatable bonds is 5. The summed E-state index contributed by atoms with van der Waals surface area (Å²) in [5.74, 6) is -0.564. The summed E-state index contributed by atoms with van der Waals surface area (Å²) in [5, 5.41) is 10.7. The Morgan fingerprint density at radius 2 is 1.71 bits per heavy atom. The number of benzene rings is 1.